The number of nitrogens with zero attached hydrogens (tertiary/aromatic N) is 3. The van der Waals surface area contributed by atoms with Gasteiger partial charge in [0.05, 0.1) is 12.8 Å². The van der Waals surface area contributed by atoms with Gasteiger partial charge in [0.1, 0.15) is 29.4 Å². The molecule has 0 bridgehead atoms. The number of carbonyl (C=O) groups excluding carboxylic acids is 2. The Morgan fingerprint density at radius 1 is 1.09 bits per heavy atom. The summed E-state index contributed by atoms with van der Waals surface area (Å²) in [6, 6.07) is 12.2. The zero-order valence-electron chi connectivity index (χ0n) is 23.9. The number of aldehydes is 1. The van der Waals surface area contributed by atoms with E-state index in [9.17, 15) is 22.4 Å². The third-order valence-electron chi connectivity index (χ3n) is 8.30. The van der Waals surface area contributed by atoms with Gasteiger partial charge >= 0.3 is 10.2 Å². The number of carbonyl (C=O) groups is 2. The topological polar surface area (TPSA) is 125 Å². The van der Waals surface area contributed by atoms with Crippen molar-refractivity contribution < 1.29 is 31.5 Å². The number of rotatable bonds is 9. The fourth-order valence-electron chi connectivity index (χ4n) is 5.77. The largest absolute Gasteiger partial charge is 0.496 e. The van der Waals surface area contributed by atoms with E-state index >= 15 is 4.39 Å². The highest BCUT2D eigenvalue weighted by Gasteiger charge is 2.33. The number of halogens is 2. The van der Waals surface area contributed by atoms with Crippen LogP contribution >= 0.6 is 0 Å². The number of piperidine rings is 1. The Bertz CT molecular complexity index is 1820. The SMILES string of the molecule is COc1ccc(NS(=O)(=O)N2CC[C@@H](F)C2)c(F)c1C(=O)c1c[nH]c2ncc(-c3ccc(N4CCC(C=O)CC4)cc3)cc12. The summed E-state index contributed by atoms with van der Waals surface area (Å²) >= 11 is 0. The van der Waals surface area contributed by atoms with Gasteiger partial charge in [-0.25, -0.2) is 13.8 Å². The summed E-state index contributed by atoms with van der Waals surface area (Å²) in [5.41, 5.74) is 2.29. The zero-order chi connectivity index (χ0) is 31.0. The maximum Gasteiger partial charge on any atom is 0.301 e. The molecule has 6 rings (SSSR count). The lowest BCUT2D eigenvalue weighted by Crippen LogP contribution is -2.34. The van der Waals surface area contributed by atoms with E-state index in [0.717, 1.165) is 59.4 Å². The zero-order valence-corrected chi connectivity index (χ0v) is 24.7. The van der Waals surface area contributed by atoms with Crippen molar-refractivity contribution in [1.29, 1.82) is 0 Å². The normalized spacial score (nSPS) is 18.1. The quantitative estimate of drug-likeness (QED) is 0.204. The van der Waals surface area contributed by atoms with Crippen LogP contribution in [0.4, 0.5) is 20.2 Å². The fraction of sp³-hybridized carbons (Fsp3) is 0.323. The van der Waals surface area contributed by atoms with Gasteiger partial charge in [-0.2, -0.15) is 12.7 Å². The molecule has 1 atom stereocenters. The summed E-state index contributed by atoms with van der Waals surface area (Å²) in [6.07, 6.45) is 4.55. The van der Waals surface area contributed by atoms with E-state index in [1.165, 1.54) is 19.4 Å². The Morgan fingerprint density at radius 2 is 1.84 bits per heavy atom. The number of benzene rings is 2. The van der Waals surface area contributed by atoms with Gasteiger partial charge in [-0.05, 0) is 55.2 Å². The number of hydrogen-bond acceptors (Lipinski definition) is 7. The molecule has 44 heavy (non-hydrogen) atoms. The molecule has 0 unspecified atom stereocenters. The van der Waals surface area contributed by atoms with E-state index in [0.29, 0.717) is 11.0 Å². The highest BCUT2D eigenvalue weighted by Crippen LogP contribution is 2.34. The highest BCUT2D eigenvalue weighted by atomic mass is 32.2. The first-order valence-corrected chi connectivity index (χ1v) is 15.7. The van der Waals surface area contributed by atoms with Crippen LogP contribution in [0.15, 0.2) is 54.9 Å². The molecule has 2 aromatic carbocycles. The molecule has 230 valence electrons. The molecule has 2 aliphatic rings. The van der Waals surface area contributed by atoms with E-state index in [4.69, 9.17) is 4.74 Å². The molecular weight excluding hydrogens is 592 g/mol. The summed E-state index contributed by atoms with van der Waals surface area (Å²) in [7, 11) is -2.97. The molecule has 2 aromatic heterocycles. The minimum Gasteiger partial charge on any atom is -0.496 e. The molecule has 0 aliphatic carbocycles. The number of hydrogen-bond donors (Lipinski definition) is 2. The maximum absolute atomic E-state index is 15.9. The fourth-order valence-corrected chi connectivity index (χ4v) is 7.04. The highest BCUT2D eigenvalue weighted by molar-refractivity contribution is 7.90. The van der Waals surface area contributed by atoms with E-state index in [1.54, 1.807) is 12.3 Å². The lowest BCUT2D eigenvalue weighted by atomic mass is 9.97. The predicted octanol–water partition coefficient (Wildman–Crippen LogP) is 4.72. The number of anilines is 2. The molecule has 2 saturated heterocycles. The third-order valence-corrected chi connectivity index (χ3v) is 9.79. The Morgan fingerprint density at radius 3 is 2.50 bits per heavy atom. The lowest BCUT2D eigenvalue weighted by Gasteiger charge is -2.31. The second-order valence-electron chi connectivity index (χ2n) is 11.0. The van der Waals surface area contributed by atoms with Gasteiger partial charge in [-0.1, -0.05) is 12.1 Å². The van der Waals surface area contributed by atoms with E-state index < -0.39 is 39.2 Å². The standard InChI is InChI=1S/C31H31F2N5O5S/c1-43-27-7-6-26(36-44(41,42)38-13-10-22(32)17-38)29(33)28(27)30(40)25-16-35-31-24(25)14-21(15-34-31)20-2-4-23(5-3-20)37-11-8-19(18-39)9-12-37/h2-7,14-16,18-19,22,36H,8-13,17H2,1H3,(H,34,35)/t22-/m1/s1. The first-order valence-electron chi connectivity index (χ1n) is 14.3. The molecule has 4 aromatic rings. The number of alkyl halides is 1. The smallest absolute Gasteiger partial charge is 0.301 e. The molecule has 0 saturated carbocycles. The van der Waals surface area contributed by atoms with Crippen molar-refractivity contribution in [3.8, 4) is 16.9 Å². The Balaban J connectivity index is 1.29. The average molecular weight is 624 g/mol. The number of fused-ring (bicyclic) bond motifs is 1. The monoisotopic (exact) mass is 623 g/mol. The number of pyridine rings is 1. The molecule has 10 nitrogen and oxygen atoms in total. The van der Waals surface area contributed by atoms with Crippen LogP contribution in [0, 0.1) is 11.7 Å². The van der Waals surface area contributed by atoms with Crippen LogP contribution in [0.2, 0.25) is 0 Å². The van der Waals surface area contributed by atoms with Gasteiger partial charge in [-0.15, -0.1) is 0 Å². The first-order chi connectivity index (χ1) is 21.2. The van der Waals surface area contributed by atoms with Gasteiger partial charge in [0.2, 0.25) is 5.78 Å². The molecule has 2 fully saturated rings. The van der Waals surface area contributed by atoms with Crippen LogP contribution < -0.4 is 14.4 Å². The van der Waals surface area contributed by atoms with Crippen LogP contribution in [0.5, 0.6) is 5.75 Å². The molecule has 4 heterocycles. The molecule has 2 aliphatic heterocycles. The van der Waals surface area contributed by atoms with Gasteiger partial charge < -0.3 is 19.4 Å². The first kappa shape index (κ1) is 29.7. The minimum absolute atomic E-state index is 0.0342. The summed E-state index contributed by atoms with van der Waals surface area (Å²) in [4.78, 5) is 34.6. The van der Waals surface area contributed by atoms with Gasteiger partial charge in [-0.3, -0.25) is 9.52 Å². The van der Waals surface area contributed by atoms with Crippen molar-refractivity contribution in [3.63, 3.8) is 0 Å². The number of aromatic amines is 1. The number of ketones is 1. The van der Waals surface area contributed by atoms with Crippen LogP contribution in [0.25, 0.3) is 22.2 Å². The second kappa shape index (κ2) is 12.0. The summed E-state index contributed by atoms with van der Waals surface area (Å²) in [5.74, 6) is -1.81. The van der Waals surface area contributed by atoms with Crippen LogP contribution in [-0.4, -0.2) is 74.2 Å². The minimum atomic E-state index is -4.25. The molecule has 2 N–H and O–H groups in total. The van der Waals surface area contributed by atoms with Crippen molar-refractivity contribution in [2.45, 2.75) is 25.4 Å². The van der Waals surface area contributed by atoms with Crippen LogP contribution in [0.1, 0.15) is 35.2 Å². The summed E-state index contributed by atoms with van der Waals surface area (Å²) in [6.45, 7) is 1.26. The molecule has 0 amide bonds. The predicted molar refractivity (Wildman–Crippen MR) is 163 cm³/mol. The number of ether oxygens (including phenoxy) is 1. The number of nitrogens with one attached hydrogen (secondary N) is 2. The number of methoxy groups -OCH3 is 1. The summed E-state index contributed by atoms with van der Waals surface area (Å²) in [5, 5.41) is 0.450. The van der Waals surface area contributed by atoms with Crippen LogP contribution in [0.3, 0.4) is 0 Å². The van der Waals surface area contributed by atoms with E-state index in [2.05, 4.69) is 19.6 Å². The lowest BCUT2D eigenvalue weighted by molar-refractivity contribution is -0.111. The van der Waals surface area contributed by atoms with Crippen molar-refractivity contribution in [1.82, 2.24) is 14.3 Å². The van der Waals surface area contributed by atoms with Crippen LogP contribution in [-0.2, 0) is 15.0 Å². The number of H-pyrrole nitrogens is 1. The van der Waals surface area contributed by atoms with E-state index in [1.807, 2.05) is 24.3 Å². The molecule has 0 spiro atoms. The van der Waals surface area contributed by atoms with Crippen molar-refractivity contribution in [2.75, 3.05) is 42.9 Å². The molecule has 13 heteroatoms. The molecular formula is C31H31F2N5O5S. The Hall–Kier alpha value is -4.36. The van der Waals surface area contributed by atoms with Gasteiger partial charge in [0, 0.05) is 66.7 Å². The average Bonchev–Trinajstić information content (AvgIpc) is 3.68. The van der Waals surface area contributed by atoms with Crippen molar-refractivity contribution in [3.05, 3.63) is 71.8 Å². The Labute approximate surface area is 253 Å². The van der Waals surface area contributed by atoms with E-state index in [-0.39, 0.29) is 36.7 Å². The Kier molecular flexibility index (Phi) is 8.08. The maximum atomic E-state index is 15.9. The third kappa shape index (κ3) is 5.64. The number of aromatic nitrogens is 2. The molecule has 0 radical (unpaired) electrons. The van der Waals surface area contributed by atoms with Crippen molar-refractivity contribution >= 4 is 44.7 Å². The summed E-state index contributed by atoms with van der Waals surface area (Å²) < 4.78 is 63.4. The van der Waals surface area contributed by atoms with Crippen molar-refractivity contribution in [2.24, 2.45) is 5.92 Å². The van der Waals surface area contributed by atoms with Gasteiger partial charge in [0.25, 0.3) is 0 Å². The second-order valence-corrected chi connectivity index (χ2v) is 12.7. The van der Waals surface area contributed by atoms with Gasteiger partial charge in [0.15, 0.2) is 5.82 Å².